The van der Waals surface area contributed by atoms with Gasteiger partial charge in [-0.15, -0.1) is 5.10 Å². The lowest BCUT2D eigenvalue weighted by Gasteiger charge is -2.04. The van der Waals surface area contributed by atoms with Crippen LogP contribution in [-0.4, -0.2) is 28.2 Å². The molecule has 3 aromatic rings. The molecule has 1 amide bonds. The Morgan fingerprint density at radius 3 is 2.38 bits per heavy atom. The van der Waals surface area contributed by atoms with Crippen molar-refractivity contribution in [3.63, 3.8) is 0 Å². The largest absolute Gasteiger partial charge is 0.497 e. The van der Waals surface area contributed by atoms with Crippen LogP contribution in [0.2, 0.25) is 0 Å². The second-order valence-electron chi connectivity index (χ2n) is 5.57. The number of hydrogen-bond donors (Lipinski definition) is 2. The maximum Gasteiger partial charge on any atom is 0.258 e. The van der Waals surface area contributed by atoms with E-state index in [1.807, 2.05) is 56.3 Å². The average molecular weight is 322 g/mol. The van der Waals surface area contributed by atoms with Gasteiger partial charge in [-0.25, -0.2) is 0 Å². The summed E-state index contributed by atoms with van der Waals surface area (Å²) in [5, 5.41) is 9.58. The molecule has 0 atom stereocenters. The monoisotopic (exact) mass is 322 g/mol. The molecule has 0 fully saturated rings. The van der Waals surface area contributed by atoms with Gasteiger partial charge in [0.2, 0.25) is 5.95 Å². The van der Waals surface area contributed by atoms with Crippen LogP contribution in [-0.2, 0) is 0 Å². The molecule has 0 aliphatic rings. The molecule has 0 aliphatic heterocycles. The summed E-state index contributed by atoms with van der Waals surface area (Å²) >= 11 is 0. The van der Waals surface area contributed by atoms with E-state index in [0.29, 0.717) is 11.4 Å². The van der Waals surface area contributed by atoms with Crippen LogP contribution in [0.15, 0.2) is 42.5 Å². The van der Waals surface area contributed by atoms with Gasteiger partial charge in [0.1, 0.15) is 5.75 Å². The number of aryl methyl sites for hydroxylation is 2. The highest BCUT2D eigenvalue weighted by atomic mass is 16.5. The summed E-state index contributed by atoms with van der Waals surface area (Å²) in [6, 6.07) is 13.1. The van der Waals surface area contributed by atoms with Crippen molar-refractivity contribution in [1.29, 1.82) is 0 Å². The molecule has 1 aromatic heterocycles. The van der Waals surface area contributed by atoms with Crippen LogP contribution in [0.25, 0.3) is 11.4 Å². The van der Waals surface area contributed by atoms with Crippen molar-refractivity contribution < 1.29 is 9.53 Å². The molecular formula is C18H18N4O2. The van der Waals surface area contributed by atoms with Gasteiger partial charge in [0.15, 0.2) is 5.82 Å². The van der Waals surface area contributed by atoms with Gasteiger partial charge in [0.25, 0.3) is 5.91 Å². The van der Waals surface area contributed by atoms with Crippen LogP contribution in [0.1, 0.15) is 21.5 Å². The molecule has 6 nitrogen and oxygen atoms in total. The number of carbonyl (C=O) groups is 1. The molecule has 0 bridgehead atoms. The molecular weight excluding hydrogens is 304 g/mol. The fraction of sp³-hybridized carbons (Fsp3) is 0.167. The molecule has 3 rings (SSSR count). The third kappa shape index (κ3) is 3.43. The van der Waals surface area contributed by atoms with Crippen molar-refractivity contribution >= 4 is 11.9 Å². The number of benzene rings is 2. The number of anilines is 1. The lowest BCUT2D eigenvalue weighted by atomic mass is 10.1. The topological polar surface area (TPSA) is 79.9 Å². The maximum absolute atomic E-state index is 12.3. The molecule has 2 aromatic carbocycles. The maximum atomic E-state index is 12.3. The van der Waals surface area contributed by atoms with Crippen molar-refractivity contribution in [2.24, 2.45) is 0 Å². The zero-order valence-corrected chi connectivity index (χ0v) is 13.8. The summed E-state index contributed by atoms with van der Waals surface area (Å²) in [4.78, 5) is 16.6. The van der Waals surface area contributed by atoms with Crippen molar-refractivity contribution in [2.75, 3.05) is 12.4 Å². The van der Waals surface area contributed by atoms with Gasteiger partial charge < -0.3 is 4.74 Å². The summed E-state index contributed by atoms with van der Waals surface area (Å²) in [7, 11) is 1.62. The molecule has 0 unspecified atom stereocenters. The van der Waals surface area contributed by atoms with Gasteiger partial charge in [-0.1, -0.05) is 17.2 Å². The second-order valence-corrected chi connectivity index (χ2v) is 5.57. The first-order valence-corrected chi connectivity index (χ1v) is 7.51. The summed E-state index contributed by atoms with van der Waals surface area (Å²) in [6.07, 6.45) is 0. The van der Waals surface area contributed by atoms with E-state index in [9.17, 15) is 4.79 Å². The molecule has 1 heterocycles. The fourth-order valence-electron chi connectivity index (χ4n) is 2.48. The van der Waals surface area contributed by atoms with Crippen molar-refractivity contribution in [2.45, 2.75) is 13.8 Å². The molecule has 0 spiro atoms. The Morgan fingerprint density at radius 2 is 1.75 bits per heavy atom. The number of ether oxygens (including phenoxy) is 1. The molecule has 0 radical (unpaired) electrons. The summed E-state index contributed by atoms with van der Waals surface area (Å²) in [5.74, 6) is 1.35. The molecule has 6 heteroatoms. The third-order valence-corrected chi connectivity index (χ3v) is 3.56. The minimum atomic E-state index is -0.234. The first-order chi connectivity index (χ1) is 11.5. The van der Waals surface area contributed by atoms with E-state index in [0.717, 1.165) is 22.4 Å². The van der Waals surface area contributed by atoms with Crippen LogP contribution >= 0.6 is 0 Å². The summed E-state index contributed by atoms with van der Waals surface area (Å²) < 4.78 is 5.13. The SMILES string of the molecule is COc1ccc(-c2nc(NC(=O)c3cc(C)cc(C)c3)n[nH]2)cc1. The van der Waals surface area contributed by atoms with Crippen LogP contribution in [0.3, 0.4) is 0 Å². The Balaban J connectivity index is 1.76. The lowest BCUT2D eigenvalue weighted by molar-refractivity contribution is 0.102. The van der Waals surface area contributed by atoms with E-state index < -0.39 is 0 Å². The number of H-pyrrole nitrogens is 1. The van der Waals surface area contributed by atoms with Gasteiger partial charge >= 0.3 is 0 Å². The number of aromatic nitrogens is 3. The number of methoxy groups -OCH3 is 1. The van der Waals surface area contributed by atoms with E-state index in [1.54, 1.807) is 7.11 Å². The molecule has 2 N–H and O–H groups in total. The van der Waals surface area contributed by atoms with Crippen molar-refractivity contribution in [3.8, 4) is 17.1 Å². The van der Waals surface area contributed by atoms with Crippen molar-refractivity contribution in [1.82, 2.24) is 15.2 Å². The van der Waals surface area contributed by atoms with Crippen LogP contribution in [0.4, 0.5) is 5.95 Å². The normalized spacial score (nSPS) is 10.5. The molecule has 0 aliphatic carbocycles. The Labute approximate surface area is 139 Å². The minimum absolute atomic E-state index is 0.234. The average Bonchev–Trinajstić information content (AvgIpc) is 3.02. The number of nitrogens with zero attached hydrogens (tertiary/aromatic N) is 2. The predicted octanol–water partition coefficient (Wildman–Crippen LogP) is 3.35. The van der Waals surface area contributed by atoms with Gasteiger partial charge in [-0.05, 0) is 50.2 Å². The zero-order chi connectivity index (χ0) is 17.1. The zero-order valence-electron chi connectivity index (χ0n) is 13.8. The number of hydrogen-bond acceptors (Lipinski definition) is 4. The van der Waals surface area contributed by atoms with Crippen molar-refractivity contribution in [3.05, 3.63) is 59.2 Å². The number of amides is 1. The fourth-order valence-corrected chi connectivity index (χ4v) is 2.48. The van der Waals surface area contributed by atoms with E-state index in [1.165, 1.54) is 0 Å². The van der Waals surface area contributed by atoms with Crippen LogP contribution < -0.4 is 10.1 Å². The molecule has 0 saturated carbocycles. The number of rotatable bonds is 4. The minimum Gasteiger partial charge on any atom is -0.497 e. The van der Waals surface area contributed by atoms with Crippen LogP contribution in [0.5, 0.6) is 5.75 Å². The number of nitrogens with one attached hydrogen (secondary N) is 2. The molecule has 0 saturated heterocycles. The summed E-state index contributed by atoms with van der Waals surface area (Å²) in [5.41, 5.74) is 3.52. The Kier molecular flexibility index (Phi) is 4.29. The smallest absolute Gasteiger partial charge is 0.258 e. The van der Waals surface area contributed by atoms with Gasteiger partial charge in [-0.3, -0.25) is 15.2 Å². The Bertz CT molecular complexity index is 849. The Morgan fingerprint density at radius 1 is 1.08 bits per heavy atom. The first kappa shape index (κ1) is 15.7. The van der Waals surface area contributed by atoms with E-state index >= 15 is 0 Å². The van der Waals surface area contributed by atoms with E-state index in [-0.39, 0.29) is 11.9 Å². The number of aromatic amines is 1. The van der Waals surface area contributed by atoms with Gasteiger partial charge in [0.05, 0.1) is 7.11 Å². The standard InChI is InChI=1S/C18H18N4O2/c1-11-8-12(2)10-14(9-11)17(23)20-18-19-16(21-22-18)13-4-6-15(24-3)7-5-13/h4-10H,1-3H3,(H2,19,20,21,22,23). The number of carbonyl (C=O) groups excluding carboxylic acids is 1. The van der Waals surface area contributed by atoms with E-state index in [4.69, 9.17) is 4.74 Å². The highest BCUT2D eigenvalue weighted by Crippen LogP contribution is 2.20. The highest BCUT2D eigenvalue weighted by molar-refractivity contribution is 6.03. The lowest BCUT2D eigenvalue weighted by Crippen LogP contribution is -2.13. The second kappa shape index (κ2) is 6.54. The molecule has 122 valence electrons. The van der Waals surface area contributed by atoms with E-state index in [2.05, 4.69) is 20.5 Å². The third-order valence-electron chi connectivity index (χ3n) is 3.56. The highest BCUT2D eigenvalue weighted by Gasteiger charge is 2.11. The van der Waals surface area contributed by atoms with Gasteiger partial charge in [-0.2, -0.15) is 4.98 Å². The Hall–Kier alpha value is -3.15. The first-order valence-electron chi connectivity index (χ1n) is 7.51. The summed E-state index contributed by atoms with van der Waals surface area (Å²) in [6.45, 7) is 3.91. The quantitative estimate of drug-likeness (QED) is 0.772. The molecule has 24 heavy (non-hydrogen) atoms. The van der Waals surface area contributed by atoms with Gasteiger partial charge in [0, 0.05) is 11.1 Å². The predicted molar refractivity (Wildman–Crippen MR) is 92.2 cm³/mol. The van der Waals surface area contributed by atoms with Crippen LogP contribution in [0, 0.1) is 13.8 Å².